The number of nitrogens with zero attached hydrogens (tertiary/aromatic N) is 6. The maximum atomic E-state index is 5.00. The van der Waals surface area contributed by atoms with E-state index < -0.39 is 5.41 Å². The molecule has 2 aliphatic carbocycles. The molecule has 52 heavy (non-hydrogen) atoms. The fraction of sp³-hybridized carbons (Fsp3) is 0.0870. The molecule has 248 valence electrons. The van der Waals surface area contributed by atoms with Crippen molar-refractivity contribution in [1.29, 1.82) is 0 Å². The van der Waals surface area contributed by atoms with Crippen molar-refractivity contribution in [2.24, 2.45) is 0 Å². The highest BCUT2D eigenvalue weighted by Gasteiger charge is 2.51. The molecular weight excluding hydrogens is 637 g/mol. The highest BCUT2D eigenvalue weighted by Crippen LogP contribution is 2.63. The molecule has 6 nitrogen and oxygen atoms in total. The molecular formula is C46H34N6. The van der Waals surface area contributed by atoms with Crippen molar-refractivity contribution < 1.29 is 0 Å². The van der Waals surface area contributed by atoms with Gasteiger partial charge in [-0.05, 0) is 77.4 Å². The van der Waals surface area contributed by atoms with Gasteiger partial charge < -0.3 is 0 Å². The van der Waals surface area contributed by atoms with E-state index in [0.717, 1.165) is 22.3 Å². The summed E-state index contributed by atoms with van der Waals surface area (Å²) in [6.45, 7) is 9.73. The number of rotatable bonds is 6. The number of hydrogen-bond donors (Lipinski definition) is 0. The monoisotopic (exact) mass is 670 g/mol. The van der Waals surface area contributed by atoms with Crippen LogP contribution in [0.3, 0.4) is 0 Å². The van der Waals surface area contributed by atoms with Crippen LogP contribution in [-0.4, -0.2) is 29.9 Å². The second-order valence-electron chi connectivity index (χ2n) is 13.1. The van der Waals surface area contributed by atoms with Crippen molar-refractivity contribution in [3.8, 4) is 56.4 Å². The lowest BCUT2D eigenvalue weighted by molar-refractivity contribution is 0.793. The van der Waals surface area contributed by atoms with Gasteiger partial charge in [-0.3, -0.25) is 0 Å². The van der Waals surface area contributed by atoms with Gasteiger partial charge in [0.15, 0.2) is 23.3 Å². The van der Waals surface area contributed by atoms with Crippen molar-refractivity contribution in [2.45, 2.75) is 26.2 Å². The molecule has 0 aliphatic heterocycles. The van der Waals surface area contributed by atoms with Crippen LogP contribution in [0.5, 0.6) is 0 Å². The second-order valence-corrected chi connectivity index (χ2v) is 13.1. The number of hydrogen-bond acceptors (Lipinski definition) is 6. The Balaban J connectivity index is 1.29. The number of allylic oxidation sites excluding steroid dienone is 5. The van der Waals surface area contributed by atoms with E-state index in [4.69, 9.17) is 29.9 Å². The first-order chi connectivity index (χ1) is 25.5. The summed E-state index contributed by atoms with van der Waals surface area (Å²) in [5.74, 6) is 3.89. The maximum absolute atomic E-state index is 5.00. The van der Waals surface area contributed by atoms with Crippen LogP contribution in [0.15, 0.2) is 146 Å². The minimum absolute atomic E-state index is 0.585. The normalized spacial score (nSPS) is 15.4. The molecule has 9 rings (SSSR count). The van der Waals surface area contributed by atoms with E-state index in [9.17, 15) is 0 Å². The third-order valence-electron chi connectivity index (χ3n) is 10.0. The number of aryl methyl sites for hydroxylation is 2. The Hall–Kier alpha value is -6.66. The number of fused-ring (bicyclic) bond motifs is 10. The average Bonchev–Trinajstić information content (AvgIpc) is 3.64. The van der Waals surface area contributed by atoms with Gasteiger partial charge >= 0.3 is 0 Å². The van der Waals surface area contributed by atoms with E-state index in [0.29, 0.717) is 34.9 Å². The quantitative estimate of drug-likeness (QED) is 0.164. The van der Waals surface area contributed by atoms with Gasteiger partial charge in [-0.1, -0.05) is 134 Å². The zero-order chi connectivity index (χ0) is 35.4. The summed E-state index contributed by atoms with van der Waals surface area (Å²) in [5, 5.41) is 0. The van der Waals surface area contributed by atoms with Crippen molar-refractivity contribution in [1.82, 2.24) is 29.9 Å². The fourth-order valence-electron chi connectivity index (χ4n) is 8.00. The van der Waals surface area contributed by atoms with Crippen LogP contribution in [0.25, 0.3) is 62.0 Å². The first kappa shape index (κ1) is 31.3. The molecule has 0 saturated carbocycles. The first-order valence-electron chi connectivity index (χ1n) is 17.5. The summed E-state index contributed by atoms with van der Waals surface area (Å²) in [5.41, 5.74) is 12.9. The predicted octanol–water partition coefficient (Wildman–Crippen LogP) is 10.2. The van der Waals surface area contributed by atoms with Gasteiger partial charge in [0.2, 0.25) is 0 Å². The smallest absolute Gasteiger partial charge is 0.163 e. The van der Waals surface area contributed by atoms with Crippen LogP contribution in [0.2, 0.25) is 0 Å². The summed E-state index contributed by atoms with van der Waals surface area (Å²) in [4.78, 5) is 29.1. The topological polar surface area (TPSA) is 77.3 Å². The van der Waals surface area contributed by atoms with Gasteiger partial charge in [0.25, 0.3) is 0 Å². The third-order valence-corrected chi connectivity index (χ3v) is 10.0. The summed E-state index contributed by atoms with van der Waals surface area (Å²) >= 11 is 0. The van der Waals surface area contributed by atoms with Crippen LogP contribution in [0.1, 0.15) is 46.7 Å². The van der Waals surface area contributed by atoms with Crippen molar-refractivity contribution >= 4 is 5.57 Å². The molecule has 2 heterocycles. The first-order valence-corrected chi connectivity index (χ1v) is 17.5. The highest BCUT2D eigenvalue weighted by atomic mass is 15.0. The molecule has 6 heteroatoms. The van der Waals surface area contributed by atoms with Crippen LogP contribution >= 0.6 is 0 Å². The van der Waals surface area contributed by atoms with Gasteiger partial charge in [-0.2, -0.15) is 0 Å². The lowest BCUT2D eigenvalue weighted by Gasteiger charge is -2.31. The molecule has 2 aliphatic rings. The Morgan fingerprint density at radius 1 is 0.519 bits per heavy atom. The van der Waals surface area contributed by atoms with Crippen LogP contribution in [0, 0.1) is 13.8 Å². The zero-order valence-electron chi connectivity index (χ0n) is 29.2. The maximum Gasteiger partial charge on any atom is 0.163 e. The molecule has 0 N–H and O–H groups in total. The lowest BCUT2D eigenvalue weighted by atomic mass is 9.70. The largest absolute Gasteiger partial charge is 0.213 e. The van der Waals surface area contributed by atoms with Gasteiger partial charge in [0.1, 0.15) is 11.6 Å². The molecule has 0 fully saturated rings. The molecule has 0 radical (unpaired) electrons. The van der Waals surface area contributed by atoms with Gasteiger partial charge in [-0.15, -0.1) is 0 Å². The lowest BCUT2D eigenvalue weighted by Crippen LogP contribution is -2.26. The summed E-state index contributed by atoms with van der Waals surface area (Å²) in [6.07, 6.45) is 7.66. The van der Waals surface area contributed by atoms with E-state index in [-0.39, 0.29) is 0 Å². The zero-order valence-corrected chi connectivity index (χ0v) is 29.2. The van der Waals surface area contributed by atoms with E-state index in [1.165, 1.54) is 44.5 Å². The molecule has 0 saturated heterocycles. The van der Waals surface area contributed by atoms with Gasteiger partial charge in [-0.25, -0.2) is 29.9 Å². The minimum atomic E-state index is -0.585. The number of aromatic nitrogens is 6. The van der Waals surface area contributed by atoms with Crippen LogP contribution in [0.4, 0.5) is 0 Å². The SMILES string of the molecule is C=C/C=C(\C=C/C)c1nc(C)nc(-c2ccc3c(c2)C2(c4ccccc4-3)c3ccccc3-c3ccc(-c4nc(C)nc(-c5ccccc5)n4)cc32)n1. The van der Waals surface area contributed by atoms with Crippen molar-refractivity contribution in [3.05, 3.63) is 186 Å². The van der Waals surface area contributed by atoms with Gasteiger partial charge in [0, 0.05) is 22.3 Å². The second kappa shape index (κ2) is 12.3. The number of benzene rings is 5. The molecule has 7 aromatic rings. The molecule has 2 aromatic heterocycles. The van der Waals surface area contributed by atoms with Crippen LogP contribution < -0.4 is 0 Å². The van der Waals surface area contributed by atoms with Crippen LogP contribution in [-0.2, 0) is 5.41 Å². The van der Waals surface area contributed by atoms with Crippen molar-refractivity contribution in [2.75, 3.05) is 0 Å². The Morgan fingerprint density at radius 3 is 1.60 bits per heavy atom. The highest BCUT2D eigenvalue weighted by molar-refractivity contribution is 5.96. The van der Waals surface area contributed by atoms with Crippen molar-refractivity contribution in [3.63, 3.8) is 0 Å². The Labute approximate surface area is 303 Å². The summed E-state index contributed by atoms with van der Waals surface area (Å²) in [7, 11) is 0. The molecule has 1 spiro atoms. The summed E-state index contributed by atoms with van der Waals surface area (Å²) < 4.78 is 0. The molecule has 1 atom stereocenters. The molecule has 1 unspecified atom stereocenters. The van der Waals surface area contributed by atoms with E-state index in [1.807, 2.05) is 69.3 Å². The molecule has 5 aromatic carbocycles. The van der Waals surface area contributed by atoms with E-state index >= 15 is 0 Å². The minimum Gasteiger partial charge on any atom is -0.213 e. The van der Waals surface area contributed by atoms with E-state index in [2.05, 4.69) is 91.5 Å². The van der Waals surface area contributed by atoms with Gasteiger partial charge in [0.05, 0.1) is 5.41 Å². The predicted molar refractivity (Wildman–Crippen MR) is 208 cm³/mol. The Bertz CT molecular complexity index is 2620. The Kier molecular flexibility index (Phi) is 7.40. The fourth-order valence-corrected chi connectivity index (χ4v) is 8.00. The average molecular weight is 671 g/mol. The molecule has 0 amide bonds. The Morgan fingerprint density at radius 2 is 1.02 bits per heavy atom. The molecule has 0 bridgehead atoms. The summed E-state index contributed by atoms with van der Waals surface area (Å²) in [6, 6.07) is 41.0. The van der Waals surface area contributed by atoms with E-state index in [1.54, 1.807) is 6.08 Å². The standard InChI is InChI=1S/C46H34N6/c1-5-14-30(15-6-2)42-47-28(3)49-44(51-42)32-22-24-36-34-18-10-12-20-38(34)46(40(36)26-32)39-21-13-11-19-35(39)37-25-23-33(27-41(37)46)45-50-29(4)48-43(52-45)31-16-8-7-9-17-31/h5-27H,1H2,2-4H3/b15-6-,30-14+. The third kappa shape index (κ3) is 4.79.